The number of nitrogens with one attached hydrogen (secondary N) is 1. The molecule has 0 saturated heterocycles. The van der Waals surface area contributed by atoms with Crippen LogP contribution in [0.2, 0.25) is 0 Å². The van der Waals surface area contributed by atoms with Crippen LogP contribution in [0.1, 0.15) is 18.9 Å². The van der Waals surface area contributed by atoms with Crippen LogP contribution in [0.25, 0.3) is 0 Å². The number of sulfonamides is 1. The van der Waals surface area contributed by atoms with Gasteiger partial charge in [0, 0.05) is 6.54 Å². The number of rotatable bonds is 10. The number of amides is 1. The normalized spacial score (nSPS) is 12.2. The first-order valence-electron chi connectivity index (χ1n) is 9.41. The molecule has 0 fully saturated rings. The summed E-state index contributed by atoms with van der Waals surface area (Å²) in [6, 6.07) is 9.73. The lowest BCUT2D eigenvalue weighted by Gasteiger charge is -2.28. The van der Waals surface area contributed by atoms with E-state index in [2.05, 4.69) is 5.32 Å². The molecular formula is C21H27FN2O5S. The van der Waals surface area contributed by atoms with Crippen LogP contribution in [0.5, 0.6) is 11.5 Å². The van der Waals surface area contributed by atoms with Crippen molar-refractivity contribution in [3.63, 3.8) is 0 Å². The number of carbonyl (C=O) groups excluding carboxylic acids is 1. The van der Waals surface area contributed by atoms with E-state index in [1.165, 1.54) is 25.1 Å². The van der Waals surface area contributed by atoms with Crippen molar-refractivity contribution in [1.29, 1.82) is 0 Å². The molecule has 30 heavy (non-hydrogen) atoms. The minimum atomic E-state index is -3.79. The second-order valence-electron chi connectivity index (χ2n) is 6.80. The SMILES string of the molecule is COc1ccc(CCCNC(=O)C(C)N(c2cccc(F)c2)S(C)(=O)=O)cc1OC. The quantitative estimate of drug-likeness (QED) is 0.577. The van der Waals surface area contributed by atoms with Crippen LogP contribution in [0.15, 0.2) is 42.5 Å². The molecule has 1 atom stereocenters. The van der Waals surface area contributed by atoms with Crippen molar-refractivity contribution in [3.05, 3.63) is 53.8 Å². The van der Waals surface area contributed by atoms with E-state index in [9.17, 15) is 17.6 Å². The standard InChI is InChI=1S/C21H27FN2O5S/c1-15(24(30(4,26)27)18-9-5-8-17(22)14-18)21(25)23-12-6-7-16-10-11-19(28-2)20(13-16)29-3/h5,8-11,13-15H,6-7,12H2,1-4H3,(H,23,25). The Hall–Kier alpha value is -2.81. The third-order valence-corrected chi connectivity index (χ3v) is 5.78. The maximum Gasteiger partial charge on any atom is 0.243 e. The van der Waals surface area contributed by atoms with Gasteiger partial charge in [0.15, 0.2) is 11.5 Å². The lowest BCUT2D eigenvalue weighted by Crippen LogP contribution is -2.48. The number of hydrogen-bond acceptors (Lipinski definition) is 5. The van der Waals surface area contributed by atoms with E-state index < -0.39 is 27.8 Å². The van der Waals surface area contributed by atoms with Gasteiger partial charge in [-0.15, -0.1) is 0 Å². The molecule has 164 valence electrons. The average molecular weight is 439 g/mol. The van der Waals surface area contributed by atoms with Crippen molar-refractivity contribution in [2.24, 2.45) is 0 Å². The van der Waals surface area contributed by atoms with E-state index in [1.54, 1.807) is 14.2 Å². The number of hydrogen-bond donors (Lipinski definition) is 1. The first kappa shape index (κ1) is 23.5. The van der Waals surface area contributed by atoms with Crippen molar-refractivity contribution in [2.75, 3.05) is 31.3 Å². The Kier molecular flexibility index (Phi) is 8.05. The molecule has 2 aromatic carbocycles. The number of nitrogens with zero attached hydrogens (tertiary/aromatic N) is 1. The fourth-order valence-electron chi connectivity index (χ4n) is 3.11. The fraction of sp³-hybridized carbons (Fsp3) is 0.381. The molecule has 1 unspecified atom stereocenters. The van der Waals surface area contributed by atoms with Crippen LogP contribution >= 0.6 is 0 Å². The number of ether oxygens (including phenoxy) is 2. The monoisotopic (exact) mass is 438 g/mol. The zero-order chi connectivity index (χ0) is 22.3. The van der Waals surface area contributed by atoms with E-state index in [0.29, 0.717) is 30.9 Å². The minimum Gasteiger partial charge on any atom is -0.493 e. The number of aryl methyl sites for hydroxylation is 1. The molecule has 2 aromatic rings. The largest absolute Gasteiger partial charge is 0.493 e. The number of anilines is 1. The zero-order valence-electron chi connectivity index (χ0n) is 17.5. The Labute approximate surface area is 176 Å². The number of halogens is 1. The highest BCUT2D eigenvalue weighted by Gasteiger charge is 2.29. The summed E-state index contributed by atoms with van der Waals surface area (Å²) in [6.07, 6.45) is 2.32. The summed E-state index contributed by atoms with van der Waals surface area (Å²) in [6.45, 7) is 1.83. The number of benzene rings is 2. The minimum absolute atomic E-state index is 0.102. The highest BCUT2D eigenvalue weighted by atomic mass is 32.2. The summed E-state index contributed by atoms with van der Waals surface area (Å²) >= 11 is 0. The Bertz CT molecular complexity index is 981. The Morgan fingerprint density at radius 2 is 1.83 bits per heavy atom. The van der Waals surface area contributed by atoms with Crippen LogP contribution in [0.3, 0.4) is 0 Å². The van der Waals surface area contributed by atoms with E-state index in [-0.39, 0.29) is 5.69 Å². The molecule has 0 aliphatic carbocycles. The Morgan fingerprint density at radius 1 is 1.13 bits per heavy atom. The first-order chi connectivity index (χ1) is 14.2. The van der Waals surface area contributed by atoms with Gasteiger partial charge in [0.2, 0.25) is 15.9 Å². The molecule has 0 heterocycles. The van der Waals surface area contributed by atoms with Gasteiger partial charge < -0.3 is 14.8 Å². The second-order valence-corrected chi connectivity index (χ2v) is 8.66. The zero-order valence-corrected chi connectivity index (χ0v) is 18.3. The maximum atomic E-state index is 13.6. The van der Waals surface area contributed by atoms with Crippen LogP contribution in [-0.4, -0.2) is 47.4 Å². The average Bonchev–Trinajstić information content (AvgIpc) is 2.69. The fourth-order valence-corrected chi connectivity index (χ4v) is 4.28. The van der Waals surface area contributed by atoms with Crippen LogP contribution in [0, 0.1) is 5.82 Å². The van der Waals surface area contributed by atoms with Gasteiger partial charge in [-0.3, -0.25) is 9.10 Å². The van der Waals surface area contributed by atoms with Crippen LogP contribution < -0.4 is 19.1 Å². The first-order valence-corrected chi connectivity index (χ1v) is 11.3. The molecule has 1 N–H and O–H groups in total. The van der Waals surface area contributed by atoms with Crippen LogP contribution in [-0.2, 0) is 21.2 Å². The van der Waals surface area contributed by atoms with Gasteiger partial charge >= 0.3 is 0 Å². The Morgan fingerprint density at radius 3 is 2.43 bits per heavy atom. The number of methoxy groups -OCH3 is 2. The lowest BCUT2D eigenvalue weighted by atomic mass is 10.1. The molecule has 0 aliphatic heterocycles. The molecular weight excluding hydrogens is 411 g/mol. The molecule has 0 bridgehead atoms. The summed E-state index contributed by atoms with van der Waals surface area (Å²) in [5.74, 6) is 0.230. The topological polar surface area (TPSA) is 84.9 Å². The van der Waals surface area contributed by atoms with Crippen molar-refractivity contribution >= 4 is 21.6 Å². The van der Waals surface area contributed by atoms with E-state index in [1.807, 2.05) is 18.2 Å². The van der Waals surface area contributed by atoms with Crippen molar-refractivity contribution < 1.29 is 27.1 Å². The molecule has 7 nitrogen and oxygen atoms in total. The van der Waals surface area contributed by atoms with Gasteiger partial charge in [-0.1, -0.05) is 12.1 Å². The van der Waals surface area contributed by atoms with Crippen molar-refractivity contribution in [2.45, 2.75) is 25.8 Å². The highest BCUT2D eigenvalue weighted by Crippen LogP contribution is 2.28. The van der Waals surface area contributed by atoms with Gasteiger partial charge in [-0.25, -0.2) is 12.8 Å². The van der Waals surface area contributed by atoms with Gasteiger partial charge in [-0.05, 0) is 55.7 Å². The van der Waals surface area contributed by atoms with Crippen molar-refractivity contribution in [3.8, 4) is 11.5 Å². The van der Waals surface area contributed by atoms with Crippen LogP contribution in [0.4, 0.5) is 10.1 Å². The summed E-state index contributed by atoms with van der Waals surface area (Å²) in [5.41, 5.74) is 1.12. The summed E-state index contributed by atoms with van der Waals surface area (Å²) < 4.78 is 49.4. The lowest BCUT2D eigenvalue weighted by molar-refractivity contribution is -0.121. The predicted molar refractivity (Wildman–Crippen MR) is 114 cm³/mol. The van der Waals surface area contributed by atoms with E-state index in [0.717, 1.165) is 22.2 Å². The van der Waals surface area contributed by atoms with Gasteiger partial charge in [0.1, 0.15) is 11.9 Å². The second kappa shape index (κ2) is 10.3. The predicted octanol–water partition coefficient (Wildman–Crippen LogP) is 2.75. The number of carbonyl (C=O) groups is 1. The molecule has 1 amide bonds. The van der Waals surface area contributed by atoms with E-state index in [4.69, 9.17) is 9.47 Å². The molecule has 2 rings (SSSR count). The summed E-state index contributed by atoms with van der Waals surface area (Å²) in [5, 5.41) is 2.75. The smallest absolute Gasteiger partial charge is 0.243 e. The molecule has 9 heteroatoms. The van der Waals surface area contributed by atoms with Gasteiger partial charge in [-0.2, -0.15) is 0 Å². The summed E-state index contributed by atoms with van der Waals surface area (Å²) in [7, 11) is -0.655. The maximum absolute atomic E-state index is 13.6. The highest BCUT2D eigenvalue weighted by molar-refractivity contribution is 7.92. The van der Waals surface area contributed by atoms with E-state index >= 15 is 0 Å². The van der Waals surface area contributed by atoms with Gasteiger partial charge in [0.05, 0.1) is 26.2 Å². The molecule has 0 aromatic heterocycles. The molecule has 0 spiro atoms. The molecule has 0 radical (unpaired) electrons. The molecule has 0 saturated carbocycles. The Balaban J connectivity index is 1.97. The van der Waals surface area contributed by atoms with Crippen molar-refractivity contribution in [1.82, 2.24) is 5.32 Å². The third kappa shape index (κ3) is 6.09. The molecule has 0 aliphatic rings. The third-order valence-electron chi connectivity index (χ3n) is 4.54. The summed E-state index contributed by atoms with van der Waals surface area (Å²) in [4.78, 5) is 12.5. The van der Waals surface area contributed by atoms with Gasteiger partial charge in [0.25, 0.3) is 0 Å².